The van der Waals surface area contributed by atoms with Crippen LogP contribution >= 0.6 is 31.9 Å². The third-order valence-corrected chi connectivity index (χ3v) is 12.9. The zero-order valence-corrected chi connectivity index (χ0v) is 17.9. The Balaban J connectivity index is 2.87. The summed E-state index contributed by atoms with van der Waals surface area (Å²) in [5.74, 6) is 0. The number of hydrogen-bond acceptors (Lipinski definition) is 0. The Morgan fingerprint density at radius 1 is 0.857 bits per heavy atom. The Kier molecular flexibility index (Phi) is 5.11. The average molecular weight is 431 g/mol. The summed E-state index contributed by atoms with van der Waals surface area (Å²) >= 11 is 7.49. The van der Waals surface area contributed by atoms with E-state index in [1.807, 2.05) is 0 Å². The van der Waals surface area contributed by atoms with Crippen molar-refractivity contribution in [1.82, 2.24) is 4.23 Å². The molecule has 0 atom stereocenters. The van der Waals surface area contributed by atoms with Crippen LogP contribution in [0, 0.1) is 0 Å². The summed E-state index contributed by atoms with van der Waals surface area (Å²) in [6.45, 7) is 14.4. The molecule has 21 heavy (non-hydrogen) atoms. The van der Waals surface area contributed by atoms with Gasteiger partial charge in [-0.1, -0.05) is 63.5 Å². The van der Waals surface area contributed by atoms with Crippen LogP contribution in [-0.2, 0) is 0 Å². The van der Waals surface area contributed by atoms with Gasteiger partial charge in [-0.15, -0.1) is 0 Å². The summed E-state index contributed by atoms with van der Waals surface area (Å²) in [4.78, 5) is 0. The third kappa shape index (κ3) is 2.57. The maximum atomic E-state index is 3.78. The van der Waals surface area contributed by atoms with E-state index in [0.29, 0.717) is 16.6 Å². The van der Waals surface area contributed by atoms with Crippen molar-refractivity contribution in [3.05, 3.63) is 33.3 Å². The van der Waals surface area contributed by atoms with Gasteiger partial charge >= 0.3 is 0 Å². The standard InChI is InChI=1S/C17H25Br2NSi/c1-11(2)21(12(3)4,13(5)6)20-10-15(19)17-14(18)8-7-9-16(17)20/h7-13H,1-6H3. The Morgan fingerprint density at radius 3 is 1.86 bits per heavy atom. The Morgan fingerprint density at radius 2 is 1.38 bits per heavy atom. The first-order valence-electron chi connectivity index (χ1n) is 7.70. The summed E-state index contributed by atoms with van der Waals surface area (Å²) in [6.07, 6.45) is 2.33. The lowest BCUT2D eigenvalue weighted by Gasteiger charge is -2.44. The molecule has 0 aliphatic heterocycles. The minimum absolute atomic E-state index is 0.694. The van der Waals surface area contributed by atoms with Gasteiger partial charge in [-0.25, -0.2) is 0 Å². The smallest absolute Gasteiger partial charge is 0.169 e. The SMILES string of the molecule is CC(C)[Si](C(C)C)(C(C)C)n1cc(Br)c2c(Br)cccc21. The molecule has 1 aromatic heterocycles. The Hall–Kier alpha value is -0.0631. The van der Waals surface area contributed by atoms with Crippen molar-refractivity contribution in [1.29, 1.82) is 0 Å². The van der Waals surface area contributed by atoms with Crippen molar-refractivity contribution >= 4 is 51.0 Å². The van der Waals surface area contributed by atoms with Crippen molar-refractivity contribution in [2.24, 2.45) is 0 Å². The zero-order chi connectivity index (χ0) is 15.9. The molecule has 0 amide bonds. The van der Waals surface area contributed by atoms with E-state index >= 15 is 0 Å². The van der Waals surface area contributed by atoms with Gasteiger partial charge in [0.2, 0.25) is 0 Å². The van der Waals surface area contributed by atoms with Crippen LogP contribution in [0.25, 0.3) is 10.9 Å². The van der Waals surface area contributed by atoms with Crippen LogP contribution in [0.2, 0.25) is 16.6 Å². The molecule has 1 nitrogen and oxygen atoms in total. The number of rotatable bonds is 4. The molecular weight excluding hydrogens is 406 g/mol. The first-order valence-corrected chi connectivity index (χ1v) is 11.5. The fourth-order valence-electron chi connectivity index (χ4n) is 4.35. The van der Waals surface area contributed by atoms with E-state index in [-0.39, 0.29) is 0 Å². The lowest BCUT2D eigenvalue weighted by atomic mass is 10.2. The van der Waals surface area contributed by atoms with Crippen molar-refractivity contribution < 1.29 is 0 Å². The van der Waals surface area contributed by atoms with E-state index in [4.69, 9.17) is 0 Å². The highest BCUT2D eigenvalue weighted by molar-refractivity contribution is 9.11. The second-order valence-corrected chi connectivity index (χ2v) is 14.3. The van der Waals surface area contributed by atoms with Gasteiger partial charge in [-0.3, -0.25) is 0 Å². The normalized spacial score (nSPS) is 13.1. The van der Waals surface area contributed by atoms with E-state index < -0.39 is 8.24 Å². The molecule has 0 radical (unpaired) electrons. The van der Waals surface area contributed by atoms with Crippen molar-refractivity contribution in [3.8, 4) is 0 Å². The van der Waals surface area contributed by atoms with Gasteiger partial charge in [0.05, 0.1) is 0 Å². The van der Waals surface area contributed by atoms with Gasteiger partial charge in [-0.2, -0.15) is 0 Å². The molecule has 0 spiro atoms. The Labute approximate surface area is 146 Å². The summed E-state index contributed by atoms with van der Waals surface area (Å²) in [5, 5.41) is 1.30. The van der Waals surface area contributed by atoms with E-state index in [1.165, 1.54) is 19.8 Å². The quantitative estimate of drug-likeness (QED) is 0.452. The van der Waals surface area contributed by atoms with E-state index in [9.17, 15) is 0 Å². The van der Waals surface area contributed by atoms with Crippen LogP contribution in [0.15, 0.2) is 33.3 Å². The first-order chi connectivity index (χ1) is 9.74. The zero-order valence-electron chi connectivity index (χ0n) is 13.7. The number of fused-ring (bicyclic) bond motifs is 1. The maximum Gasteiger partial charge on any atom is 0.169 e. The molecule has 1 heterocycles. The first kappa shape index (κ1) is 17.3. The second kappa shape index (κ2) is 6.21. The van der Waals surface area contributed by atoms with Gasteiger partial charge in [0.15, 0.2) is 8.24 Å². The predicted octanol–water partition coefficient (Wildman–Crippen LogP) is 7.19. The highest BCUT2D eigenvalue weighted by atomic mass is 79.9. The molecule has 0 bridgehead atoms. The van der Waals surface area contributed by atoms with Crippen LogP contribution in [0.1, 0.15) is 41.5 Å². The summed E-state index contributed by atoms with van der Waals surface area (Å²) in [7, 11) is -1.70. The van der Waals surface area contributed by atoms with Crippen LogP contribution in [0.4, 0.5) is 0 Å². The third-order valence-electron chi connectivity index (χ3n) is 4.92. The fraction of sp³-hybridized carbons (Fsp3) is 0.529. The highest BCUT2D eigenvalue weighted by Crippen LogP contribution is 2.46. The molecule has 0 unspecified atom stereocenters. The molecule has 1 aromatic carbocycles. The fourth-order valence-corrected chi connectivity index (χ4v) is 12.6. The molecule has 0 aliphatic carbocycles. The van der Waals surface area contributed by atoms with Gasteiger partial charge in [0.1, 0.15) is 0 Å². The molecule has 0 fully saturated rings. The minimum atomic E-state index is -1.70. The van der Waals surface area contributed by atoms with Crippen LogP contribution in [0.3, 0.4) is 0 Å². The van der Waals surface area contributed by atoms with E-state index in [2.05, 4.69) is 102 Å². The molecule has 2 aromatic rings. The number of hydrogen-bond donors (Lipinski definition) is 0. The van der Waals surface area contributed by atoms with Gasteiger partial charge < -0.3 is 4.23 Å². The predicted molar refractivity (Wildman–Crippen MR) is 104 cm³/mol. The van der Waals surface area contributed by atoms with Crippen LogP contribution in [-0.4, -0.2) is 12.5 Å². The minimum Gasteiger partial charge on any atom is -0.372 e. The topological polar surface area (TPSA) is 4.93 Å². The molecular formula is C17H25Br2NSi. The monoisotopic (exact) mass is 429 g/mol. The van der Waals surface area contributed by atoms with Crippen LogP contribution < -0.4 is 0 Å². The van der Waals surface area contributed by atoms with E-state index in [0.717, 1.165) is 0 Å². The maximum absolute atomic E-state index is 3.78. The number of aromatic nitrogens is 1. The van der Waals surface area contributed by atoms with Gasteiger partial charge in [0, 0.05) is 26.0 Å². The van der Waals surface area contributed by atoms with Crippen LogP contribution in [0.5, 0.6) is 0 Å². The number of benzene rings is 1. The lowest BCUT2D eigenvalue weighted by Crippen LogP contribution is -2.51. The molecule has 0 saturated carbocycles. The summed E-state index contributed by atoms with van der Waals surface area (Å²) < 4.78 is 5.02. The average Bonchev–Trinajstić information content (AvgIpc) is 2.68. The largest absolute Gasteiger partial charge is 0.372 e. The molecule has 0 saturated heterocycles. The second-order valence-electron chi connectivity index (χ2n) is 6.83. The molecule has 2 rings (SSSR count). The lowest BCUT2D eigenvalue weighted by molar-refractivity contribution is 0.772. The highest BCUT2D eigenvalue weighted by Gasteiger charge is 2.46. The van der Waals surface area contributed by atoms with Gasteiger partial charge in [-0.05, 0) is 44.7 Å². The molecule has 0 aliphatic rings. The Bertz CT molecular complexity index is 622. The number of halogens is 2. The van der Waals surface area contributed by atoms with E-state index in [1.54, 1.807) is 0 Å². The van der Waals surface area contributed by atoms with Crippen molar-refractivity contribution in [2.75, 3.05) is 0 Å². The molecule has 0 N–H and O–H groups in total. The van der Waals surface area contributed by atoms with Gasteiger partial charge in [0.25, 0.3) is 0 Å². The summed E-state index contributed by atoms with van der Waals surface area (Å²) in [6, 6.07) is 6.54. The van der Waals surface area contributed by atoms with Crippen molar-refractivity contribution in [3.63, 3.8) is 0 Å². The summed E-state index contributed by atoms with van der Waals surface area (Å²) in [5.41, 5.74) is 3.44. The van der Waals surface area contributed by atoms with Crippen molar-refractivity contribution in [2.45, 2.75) is 58.2 Å². The molecule has 116 valence electrons. The molecule has 4 heteroatoms. The number of nitrogens with zero attached hydrogens (tertiary/aromatic N) is 1.